The molecular formula is C25H27NO6. The molecule has 2 heterocycles. The van der Waals surface area contributed by atoms with Crippen LogP contribution in [0.1, 0.15) is 43.7 Å². The highest BCUT2D eigenvalue weighted by molar-refractivity contribution is 6.02. The Balaban J connectivity index is 1.78. The highest BCUT2D eigenvalue weighted by Gasteiger charge is 2.42. The quantitative estimate of drug-likeness (QED) is 0.747. The second kappa shape index (κ2) is 7.36. The van der Waals surface area contributed by atoms with Gasteiger partial charge in [0.05, 0.1) is 21.3 Å². The van der Waals surface area contributed by atoms with Crippen molar-refractivity contribution >= 4 is 11.5 Å². The van der Waals surface area contributed by atoms with Gasteiger partial charge in [0.25, 0.3) is 0 Å². The Morgan fingerprint density at radius 1 is 0.938 bits per heavy atom. The Labute approximate surface area is 187 Å². The van der Waals surface area contributed by atoms with E-state index in [-0.39, 0.29) is 23.9 Å². The summed E-state index contributed by atoms with van der Waals surface area (Å²) < 4.78 is 28.2. The molecular weight excluding hydrogens is 410 g/mol. The van der Waals surface area contributed by atoms with Crippen molar-refractivity contribution in [1.82, 2.24) is 0 Å². The summed E-state index contributed by atoms with van der Waals surface area (Å²) in [5.74, 6) is 2.77. The molecule has 1 atom stereocenters. The number of hydrogen-bond donors (Lipinski definition) is 1. The van der Waals surface area contributed by atoms with Crippen LogP contribution in [0.3, 0.4) is 0 Å². The third-order valence-electron chi connectivity index (χ3n) is 6.40. The lowest BCUT2D eigenvalue weighted by molar-refractivity contribution is -0.118. The first-order chi connectivity index (χ1) is 15.4. The van der Waals surface area contributed by atoms with Crippen LogP contribution in [0.4, 0.5) is 5.69 Å². The lowest BCUT2D eigenvalue weighted by Gasteiger charge is -2.39. The molecule has 2 aromatic carbocycles. The maximum Gasteiger partial charge on any atom is 0.231 e. The van der Waals surface area contributed by atoms with Gasteiger partial charge < -0.3 is 29.0 Å². The van der Waals surface area contributed by atoms with E-state index in [1.54, 1.807) is 21.3 Å². The van der Waals surface area contributed by atoms with Crippen LogP contribution in [-0.4, -0.2) is 33.9 Å². The third-order valence-corrected chi connectivity index (χ3v) is 6.40. The topological polar surface area (TPSA) is 75.3 Å². The van der Waals surface area contributed by atoms with E-state index in [1.165, 1.54) is 0 Å². The zero-order valence-corrected chi connectivity index (χ0v) is 19.0. The maximum absolute atomic E-state index is 13.5. The van der Waals surface area contributed by atoms with Gasteiger partial charge in [-0.15, -0.1) is 0 Å². The van der Waals surface area contributed by atoms with Crippen LogP contribution in [-0.2, 0) is 4.79 Å². The number of allylic oxidation sites excluding steroid dienone is 2. The van der Waals surface area contributed by atoms with Crippen LogP contribution in [0.5, 0.6) is 28.7 Å². The minimum Gasteiger partial charge on any atom is -0.493 e. The zero-order chi connectivity index (χ0) is 22.6. The van der Waals surface area contributed by atoms with Gasteiger partial charge in [0, 0.05) is 40.9 Å². The number of ether oxygens (including phenoxy) is 5. The van der Waals surface area contributed by atoms with E-state index >= 15 is 0 Å². The molecule has 0 spiro atoms. The average Bonchev–Trinajstić information content (AvgIpc) is 3.21. The first-order valence-corrected chi connectivity index (χ1v) is 10.6. The van der Waals surface area contributed by atoms with E-state index in [1.807, 2.05) is 24.3 Å². The second-order valence-corrected chi connectivity index (χ2v) is 9.11. The van der Waals surface area contributed by atoms with Gasteiger partial charge in [-0.1, -0.05) is 19.9 Å². The molecule has 3 aliphatic rings. The number of carbonyl (C=O) groups is 1. The van der Waals surface area contributed by atoms with Gasteiger partial charge in [-0.2, -0.15) is 0 Å². The van der Waals surface area contributed by atoms with Gasteiger partial charge >= 0.3 is 0 Å². The number of methoxy groups -OCH3 is 3. The normalized spacial score (nSPS) is 20.3. The number of fused-ring (bicyclic) bond motifs is 2. The molecule has 7 heteroatoms. The lowest BCUT2D eigenvalue weighted by atomic mass is 9.68. The van der Waals surface area contributed by atoms with Gasteiger partial charge in [0.1, 0.15) is 0 Å². The first-order valence-electron chi connectivity index (χ1n) is 10.6. The van der Waals surface area contributed by atoms with Crippen molar-refractivity contribution in [3.05, 3.63) is 46.7 Å². The Bertz CT molecular complexity index is 1150. The smallest absolute Gasteiger partial charge is 0.231 e. The summed E-state index contributed by atoms with van der Waals surface area (Å²) in [5.41, 5.74) is 4.27. The van der Waals surface area contributed by atoms with Crippen LogP contribution in [0.2, 0.25) is 0 Å². The number of nitrogens with one attached hydrogen (secondary N) is 1. The third kappa shape index (κ3) is 3.06. The molecule has 0 fully saturated rings. The molecule has 5 rings (SSSR count). The average molecular weight is 437 g/mol. The molecule has 0 amide bonds. The summed E-state index contributed by atoms with van der Waals surface area (Å²) in [6, 6.07) is 7.71. The Morgan fingerprint density at radius 2 is 1.66 bits per heavy atom. The fourth-order valence-electron chi connectivity index (χ4n) is 5.08. The predicted molar refractivity (Wildman–Crippen MR) is 119 cm³/mol. The number of ketones is 1. The van der Waals surface area contributed by atoms with E-state index < -0.39 is 0 Å². The van der Waals surface area contributed by atoms with E-state index in [4.69, 9.17) is 23.7 Å². The molecule has 0 bridgehead atoms. The van der Waals surface area contributed by atoms with Crippen molar-refractivity contribution in [1.29, 1.82) is 0 Å². The number of Topliss-reactive ketones (excluding diaryl/α,β-unsaturated/α-hetero) is 1. The SMILES string of the molecule is COc1ccc(C2C3=C(CC(C)(C)CC3=O)Nc3cc4c(cc32)OCO4)c(OC)c1OC. The monoisotopic (exact) mass is 437 g/mol. The van der Waals surface area contributed by atoms with Crippen molar-refractivity contribution in [2.75, 3.05) is 33.4 Å². The summed E-state index contributed by atoms with van der Waals surface area (Å²) in [7, 11) is 4.77. The van der Waals surface area contributed by atoms with Crippen LogP contribution in [0, 0.1) is 5.41 Å². The molecule has 0 radical (unpaired) electrons. The van der Waals surface area contributed by atoms with Gasteiger partial charge in [0.2, 0.25) is 12.5 Å². The van der Waals surface area contributed by atoms with E-state index in [2.05, 4.69) is 19.2 Å². The minimum atomic E-state index is -0.339. The van der Waals surface area contributed by atoms with Crippen molar-refractivity contribution in [2.24, 2.45) is 5.41 Å². The molecule has 1 unspecified atom stereocenters. The zero-order valence-electron chi connectivity index (χ0n) is 19.0. The van der Waals surface area contributed by atoms with Crippen molar-refractivity contribution in [3.63, 3.8) is 0 Å². The predicted octanol–water partition coefficient (Wildman–Crippen LogP) is 4.64. The summed E-state index contributed by atoms with van der Waals surface area (Å²) in [6.07, 6.45) is 1.26. The van der Waals surface area contributed by atoms with Crippen molar-refractivity contribution in [3.8, 4) is 28.7 Å². The van der Waals surface area contributed by atoms with Gasteiger partial charge in [-0.05, 0) is 29.5 Å². The van der Waals surface area contributed by atoms with Crippen molar-refractivity contribution in [2.45, 2.75) is 32.6 Å². The van der Waals surface area contributed by atoms with E-state index in [0.717, 1.165) is 34.5 Å². The lowest BCUT2D eigenvalue weighted by Crippen LogP contribution is -2.34. The standard InChI is InChI=1S/C25H27NO6/c1-25(2)10-16-22(17(27)11-25)21(13-6-7-18(28-3)24(30-5)23(13)29-4)14-8-19-20(32-12-31-19)9-15(14)26-16/h6-9,21,26H,10-12H2,1-5H3. The summed E-state index contributed by atoms with van der Waals surface area (Å²) >= 11 is 0. The molecule has 32 heavy (non-hydrogen) atoms. The van der Waals surface area contributed by atoms with Gasteiger partial charge in [0.15, 0.2) is 28.8 Å². The highest BCUT2D eigenvalue weighted by Crippen LogP contribution is 2.55. The molecule has 1 N–H and O–H groups in total. The number of carbonyl (C=O) groups excluding carboxylic acids is 1. The van der Waals surface area contributed by atoms with Crippen LogP contribution < -0.4 is 29.0 Å². The molecule has 7 nitrogen and oxygen atoms in total. The molecule has 0 saturated heterocycles. The van der Waals surface area contributed by atoms with Crippen LogP contribution >= 0.6 is 0 Å². The molecule has 2 aromatic rings. The van der Waals surface area contributed by atoms with Crippen molar-refractivity contribution < 1.29 is 28.5 Å². The second-order valence-electron chi connectivity index (χ2n) is 9.11. The minimum absolute atomic E-state index is 0.122. The Kier molecular flexibility index (Phi) is 4.73. The fourth-order valence-corrected chi connectivity index (χ4v) is 5.08. The van der Waals surface area contributed by atoms with Gasteiger partial charge in [-0.25, -0.2) is 0 Å². The summed E-state index contributed by atoms with van der Waals surface area (Å²) in [5, 5.41) is 3.53. The number of benzene rings is 2. The van der Waals surface area contributed by atoms with E-state index in [0.29, 0.717) is 35.2 Å². The molecule has 2 aliphatic heterocycles. The fraction of sp³-hybridized carbons (Fsp3) is 0.400. The summed E-state index contributed by atoms with van der Waals surface area (Å²) in [4.78, 5) is 13.5. The van der Waals surface area contributed by atoms with Gasteiger partial charge in [-0.3, -0.25) is 4.79 Å². The largest absolute Gasteiger partial charge is 0.493 e. The number of anilines is 1. The van der Waals surface area contributed by atoms with Crippen LogP contribution in [0.15, 0.2) is 35.5 Å². The summed E-state index contributed by atoms with van der Waals surface area (Å²) in [6.45, 7) is 4.43. The molecule has 0 saturated carbocycles. The first kappa shape index (κ1) is 20.5. The number of hydrogen-bond acceptors (Lipinski definition) is 7. The molecule has 168 valence electrons. The Morgan fingerprint density at radius 3 is 2.34 bits per heavy atom. The van der Waals surface area contributed by atoms with E-state index in [9.17, 15) is 4.79 Å². The molecule has 0 aromatic heterocycles. The van der Waals surface area contributed by atoms with Crippen LogP contribution in [0.25, 0.3) is 0 Å². The highest BCUT2D eigenvalue weighted by atomic mass is 16.7. The Hall–Kier alpha value is -3.35. The maximum atomic E-state index is 13.5. The molecule has 1 aliphatic carbocycles. The number of rotatable bonds is 4.